The normalized spacial score (nSPS) is 29.8. The maximum absolute atomic E-state index is 13.6. The Morgan fingerprint density at radius 3 is 2.61 bits per heavy atom. The van der Waals surface area contributed by atoms with E-state index in [1.165, 1.54) is 11.6 Å². The number of nitrogens with zero attached hydrogens (tertiary/aromatic N) is 1. The largest absolute Gasteiger partial charge is 0.481 e. The van der Waals surface area contributed by atoms with Gasteiger partial charge in [0.1, 0.15) is 5.82 Å². The van der Waals surface area contributed by atoms with Crippen molar-refractivity contribution in [2.24, 2.45) is 17.8 Å². The fraction of sp³-hybridized carbons (Fsp3) is 0.474. The van der Waals surface area contributed by atoms with E-state index in [9.17, 15) is 9.18 Å². The first-order chi connectivity index (χ1) is 11.1. The molecular formula is C19H20FNO2. The van der Waals surface area contributed by atoms with E-state index in [1.54, 1.807) is 12.1 Å². The van der Waals surface area contributed by atoms with Gasteiger partial charge in [0.05, 0.1) is 5.52 Å². The van der Waals surface area contributed by atoms with E-state index >= 15 is 0 Å². The van der Waals surface area contributed by atoms with Crippen molar-refractivity contribution in [3.63, 3.8) is 0 Å². The SMILES string of the molecule is O=C(O)CC1C[C@@H]2CC(c3ccnc4ccc(F)cc34)C[C@@H]2C1. The monoisotopic (exact) mass is 313 g/mol. The van der Waals surface area contributed by atoms with E-state index in [0.29, 0.717) is 30.1 Å². The van der Waals surface area contributed by atoms with E-state index in [4.69, 9.17) is 5.11 Å². The number of carbonyl (C=O) groups is 1. The van der Waals surface area contributed by atoms with E-state index in [2.05, 4.69) is 4.98 Å². The molecule has 0 radical (unpaired) electrons. The molecule has 0 aliphatic heterocycles. The first-order valence-corrected chi connectivity index (χ1v) is 8.36. The molecule has 2 fully saturated rings. The van der Waals surface area contributed by atoms with Gasteiger partial charge in [-0.2, -0.15) is 0 Å². The van der Waals surface area contributed by atoms with Crippen LogP contribution in [0, 0.1) is 23.6 Å². The standard InChI is InChI=1S/C19H20FNO2/c20-15-1-2-18-17(10-15)16(3-4-21-18)14-8-12-5-11(7-19(22)23)6-13(12)9-14/h1-4,10-14H,5-9H2,(H,22,23)/t11?,12-,13+,14?. The van der Waals surface area contributed by atoms with Crippen LogP contribution in [0.1, 0.15) is 43.6 Å². The van der Waals surface area contributed by atoms with Gasteiger partial charge in [-0.25, -0.2) is 4.39 Å². The maximum Gasteiger partial charge on any atom is 0.303 e. The van der Waals surface area contributed by atoms with Crippen LogP contribution in [-0.4, -0.2) is 16.1 Å². The number of halogens is 1. The fourth-order valence-corrected chi connectivity index (χ4v) is 4.91. The molecule has 4 heteroatoms. The lowest BCUT2D eigenvalue weighted by atomic mass is 9.90. The van der Waals surface area contributed by atoms with Crippen LogP contribution < -0.4 is 0 Å². The Morgan fingerprint density at radius 1 is 1.17 bits per heavy atom. The van der Waals surface area contributed by atoms with Crippen molar-refractivity contribution in [1.29, 1.82) is 0 Å². The number of hydrogen-bond donors (Lipinski definition) is 1. The highest BCUT2D eigenvalue weighted by molar-refractivity contribution is 5.82. The Kier molecular flexibility index (Phi) is 3.55. The third-order valence-corrected chi connectivity index (χ3v) is 5.75. The van der Waals surface area contributed by atoms with E-state index in [-0.39, 0.29) is 5.82 Å². The van der Waals surface area contributed by atoms with Crippen molar-refractivity contribution < 1.29 is 14.3 Å². The molecule has 1 aromatic heterocycles. The molecule has 0 spiro atoms. The summed E-state index contributed by atoms with van der Waals surface area (Å²) in [5.74, 6) is 1.15. The molecule has 2 saturated carbocycles. The Labute approximate surface area is 134 Å². The molecule has 23 heavy (non-hydrogen) atoms. The average Bonchev–Trinajstić information content (AvgIpc) is 3.04. The van der Waals surface area contributed by atoms with Crippen molar-refractivity contribution in [2.75, 3.05) is 0 Å². The van der Waals surface area contributed by atoms with Crippen LogP contribution in [0.25, 0.3) is 10.9 Å². The third kappa shape index (κ3) is 2.71. The molecule has 3 nitrogen and oxygen atoms in total. The number of aromatic nitrogens is 1. The van der Waals surface area contributed by atoms with Gasteiger partial charge in [-0.3, -0.25) is 9.78 Å². The van der Waals surface area contributed by atoms with Gasteiger partial charge in [-0.1, -0.05) is 0 Å². The van der Waals surface area contributed by atoms with Gasteiger partial charge < -0.3 is 5.11 Å². The topological polar surface area (TPSA) is 50.2 Å². The summed E-state index contributed by atoms with van der Waals surface area (Å²) in [6.45, 7) is 0. The molecule has 2 aliphatic carbocycles. The Hall–Kier alpha value is -1.97. The van der Waals surface area contributed by atoms with Gasteiger partial charge in [0.15, 0.2) is 0 Å². The number of carboxylic acids is 1. The number of hydrogen-bond acceptors (Lipinski definition) is 2. The lowest BCUT2D eigenvalue weighted by Crippen LogP contribution is -2.06. The minimum Gasteiger partial charge on any atom is -0.481 e. The van der Waals surface area contributed by atoms with Gasteiger partial charge in [-0.05, 0) is 79.2 Å². The summed E-state index contributed by atoms with van der Waals surface area (Å²) in [6.07, 6.45) is 6.38. The molecule has 1 heterocycles. The van der Waals surface area contributed by atoms with Crippen molar-refractivity contribution in [1.82, 2.24) is 4.98 Å². The zero-order valence-electron chi connectivity index (χ0n) is 12.9. The molecule has 1 N–H and O–H groups in total. The Balaban J connectivity index is 1.56. The van der Waals surface area contributed by atoms with Crippen LogP contribution in [0.15, 0.2) is 30.5 Å². The zero-order chi connectivity index (χ0) is 16.0. The molecule has 2 aliphatic rings. The number of carboxylic acid groups (broad SMARTS) is 1. The predicted octanol–water partition coefficient (Wildman–Crippen LogP) is 4.37. The second-order valence-electron chi connectivity index (χ2n) is 7.19. The van der Waals surface area contributed by atoms with Crippen molar-refractivity contribution in [2.45, 2.75) is 38.0 Å². The van der Waals surface area contributed by atoms with Gasteiger partial charge >= 0.3 is 5.97 Å². The lowest BCUT2D eigenvalue weighted by molar-refractivity contribution is -0.138. The predicted molar refractivity (Wildman–Crippen MR) is 85.6 cm³/mol. The van der Waals surface area contributed by atoms with Crippen LogP contribution in [0.4, 0.5) is 4.39 Å². The molecule has 120 valence electrons. The third-order valence-electron chi connectivity index (χ3n) is 5.75. The quantitative estimate of drug-likeness (QED) is 0.915. The minimum absolute atomic E-state index is 0.216. The van der Waals surface area contributed by atoms with Gasteiger partial charge in [0.2, 0.25) is 0 Å². The lowest BCUT2D eigenvalue weighted by Gasteiger charge is -2.16. The molecule has 4 atom stereocenters. The zero-order valence-corrected chi connectivity index (χ0v) is 12.9. The van der Waals surface area contributed by atoms with Gasteiger partial charge in [0, 0.05) is 18.0 Å². The fourth-order valence-electron chi connectivity index (χ4n) is 4.91. The average molecular weight is 313 g/mol. The number of rotatable bonds is 3. The molecule has 0 saturated heterocycles. The molecule has 2 unspecified atom stereocenters. The molecule has 1 aromatic carbocycles. The molecule has 0 amide bonds. The smallest absolute Gasteiger partial charge is 0.303 e. The van der Waals surface area contributed by atoms with E-state index in [0.717, 1.165) is 36.6 Å². The Morgan fingerprint density at radius 2 is 1.91 bits per heavy atom. The van der Waals surface area contributed by atoms with Crippen LogP contribution in [0.2, 0.25) is 0 Å². The second-order valence-corrected chi connectivity index (χ2v) is 7.19. The van der Waals surface area contributed by atoms with Crippen molar-refractivity contribution >= 4 is 16.9 Å². The molecule has 0 bridgehead atoms. The summed E-state index contributed by atoms with van der Waals surface area (Å²) in [6, 6.07) is 6.83. The van der Waals surface area contributed by atoms with Crippen LogP contribution in [0.3, 0.4) is 0 Å². The highest BCUT2D eigenvalue weighted by atomic mass is 19.1. The minimum atomic E-state index is -0.679. The summed E-state index contributed by atoms with van der Waals surface area (Å²) < 4.78 is 13.6. The second kappa shape index (κ2) is 5.59. The van der Waals surface area contributed by atoms with Crippen LogP contribution in [-0.2, 0) is 4.79 Å². The number of benzene rings is 1. The first kappa shape index (κ1) is 14.6. The summed E-state index contributed by atoms with van der Waals surface area (Å²) in [7, 11) is 0. The highest BCUT2D eigenvalue weighted by Gasteiger charge is 2.42. The van der Waals surface area contributed by atoms with Gasteiger partial charge in [-0.15, -0.1) is 0 Å². The summed E-state index contributed by atoms with van der Waals surface area (Å²) >= 11 is 0. The summed E-state index contributed by atoms with van der Waals surface area (Å²) in [5, 5.41) is 9.90. The van der Waals surface area contributed by atoms with E-state index < -0.39 is 5.97 Å². The van der Waals surface area contributed by atoms with Crippen LogP contribution in [0.5, 0.6) is 0 Å². The van der Waals surface area contributed by atoms with Crippen LogP contribution >= 0.6 is 0 Å². The number of fused-ring (bicyclic) bond motifs is 2. The number of aliphatic carboxylic acids is 1. The van der Waals surface area contributed by atoms with Gasteiger partial charge in [0.25, 0.3) is 0 Å². The number of pyridine rings is 1. The first-order valence-electron chi connectivity index (χ1n) is 8.36. The Bertz CT molecular complexity index is 746. The summed E-state index contributed by atoms with van der Waals surface area (Å²) in [5.41, 5.74) is 2.06. The molecule has 4 rings (SSSR count). The highest BCUT2D eigenvalue weighted by Crippen LogP contribution is 2.53. The van der Waals surface area contributed by atoms with Crippen molar-refractivity contribution in [3.05, 3.63) is 41.8 Å². The molecule has 2 aromatic rings. The summed E-state index contributed by atoms with van der Waals surface area (Å²) in [4.78, 5) is 15.2. The maximum atomic E-state index is 13.6. The molecular weight excluding hydrogens is 293 g/mol. The van der Waals surface area contributed by atoms with Crippen molar-refractivity contribution in [3.8, 4) is 0 Å². The van der Waals surface area contributed by atoms with E-state index in [1.807, 2.05) is 12.3 Å².